The summed E-state index contributed by atoms with van der Waals surface area (Å²) in [4.78, 5) is 2.50. The molecule has 0 atom stereocenters. The highest BCUT2D eigenvalue weighted by molar-refractivity contribution is 6.11. The van der Waals surface area contributed by atoms with Crippen molar-refractivity contribution >= 4 is 16.8 Å². The minimum atomic E-state index is -6.10. The molecule has 4 rings (SSSR count). The zero-order valence-electron chi connectivity index (χ0n) is 23.0. The monoisotopic (exact) mass is 693 g/mol. The Morgan fingerprint density at radius 2 is 0.792 bits per heavy atom. The van der Waals surface area contributed by atoms with E-state index in [0.717, 1.165) is 12.1 Å². The van der Waals surface area contributed by atoms with Gasteiger partial charge in [-0.15, -0.1) is 0 Å². The Morgan fingerprint density at radius 3 is 1.04 bits per heavy atom. The van der Waals surface area contributed by atoms with Crippen LogP contribution in [0.25, 0.3) is 21.7 Å². The fourth-order valence-electron chi connectivity index (χ4n) is 4.65. The third kappa shape index (κ3) is 4.94. The molecule has 3 aromatic rings. The van der Waals surface area contributed by atoms with E-state index in [1.807, 2.05) is 0 Å². The van der Waals surface area contributed by atoms with Crippen LogP contribution in [0.15, 0.2) is 16.7 Å². The number of rotatable bonds is 3. The molecule has 0 heterocycles. The molecule has 0 aliphatic heterocycles. The Balaban J connectivity index is 2.36. The summed E-state index contributed by atoms with van der Waals surface area (Å²) in [5, 5.41) is 19.6. The van der Waals surface area contributed by atoms with Crippen molar-refractivity contribution in [3.8, 4) is 12.1 Å². The van der Waals surface area contributed by atoms with E-state index in [1.165, 1.54) is 0 Å². The zero-order valence-corrected chi connectivity index (χ0v) is 23.0. The molecule has 1 aliphatic carbocycles. The first kappa shape index (κ1) is 35.2. The second-order valence-corrected chi connectivity index (χ2v) is 9.57. The maximum Gasteiger partial charge on any atom is 0.422 e. The number of allylic oxidation sites excluding steroid dienone is 5. The van der Waals surface area contributed by atoms with Crippen molar-refractivity contribution in [3.05, 3.63) is 131 Å². The number of hydrogen-bond acceptors (Lipinski definition) is 2. The first-order chi connectivity index (χ1) is 22.2. The van der Waals surface area contributed by atoms with Gasteiger partial charge in [0.25, 0.3) is 0 Å². The number of benzene rings is 3. The Labute approximate surface area is 257 Å². The van der Waals surface area contributed by atoms with Gasteiger partial charge in [-0.3, -0.25) is 0 Å². The highest BCUT2D eigenvalue weighted by atomic mass is 19.4. The molecule has 0 saturated heterocycles. The van der Waals surface area contributed by atoms with Gasteiger partial charge in [-0.25, -0.2) is 57.5 Å². The van der Waals surface area contributed by atoms with Crippen LogP contribution in [0, 0.1) is 113 Å². The number of halogens is 15. The van der Waals surface area contributed by atoms with Gasteiger partial charge in [0.05, 0.1) is 34.4 Å². The number of nitrogens with zero attached hydrogens (tertiary/aromatic N) is 3. The van der Waals surface area contributed by atoms with Crippen LogP contribution < -0.4 is 0 Å². The van der Waals surface area contributed by atoms with Crippen molar-refractivity contribution in [2.45, 2.75) is 20.0 Å². The first-order valence-electron chi connectivity index (χ1n) is 12.2. The van der Waals surface area contributed by atoms with Crippen LogP contribution in [-0.2, 0) is 6.18 Å². The van der Waals surface area contributed by atoms with E-state index < -0.39 is 143 Å². The Hall–Kier alpha value is -5.70. The van der Waals surface area contributed by atoms with E-state index >= 15 is 8.78 Å². The first-order valence-corrected chi connectivity index (χ1v) is 12.2. The smallest absolute Gasteiger partial charge is 0.237 e. The summed E-state index contributed by atoms with van der Waals surface area (Å²) < 4.78 is 216. The fraction of sp³-hybridized carbons (Fsp3) is 0.100. The van der Waals surface area contributed by atoms with Gasteiger partial charge in [-0.1, -0.05) is 0 Å². The largest absolute Gasteiger partial charge is 0.422 e. The molecule has 48 heavy (non-hydrogen) atoms. The van der Waals surface area contributed by atoms with Crippen LogP contribution in [-0.4, -0.2) is 0 Å². The lowest BCUT2D eigenvalue weighted by atomic mass is 9.99. The van der Waals surface area contributed by atoms with Crippen LogP contribution in [0.4, 0.5) is 65.9 Å². The lowest BCUT2D eigenvalue weighted by Crippen LogP contribution is -2.16. The molecule has 246 valence electrons. The lowest BCUT2D eigenvalue weighted by molar-refractivity contribution is -0.143. The number of alkyl halides is 3. The van der Waals surface area contributed by atoms with E-state index in [2.05, 4.69) is 4.85 Å². The molecule has 3 nitrogen and oxygen atoms in total. The fourth-order valence-corrected chi connectivity index (χ4v) is 4.65. The summed E-state index contributed by atoms with van der Waals surface area (Å²) in [5.41, 5.74) is -21.9. The minimum Gasteiger partial charge on any atom is -0.237 e. The zero-order chi connectivity index (χ0) is 36.5. The van der Waals surface area contributed by atoms with Crippen LogP contribution in [0.3, 0.4) is 0 Å². The summed E-state index contributed by atoms with van der Waals surface area (Å²) in [6, 6.07) is 1.93. The molecule has 0 N–H and O–H groups in total. The second kappa shape index (κ2) is 11.8. The molecule has 0 amide bonds. The van der Waals surface area contributed by atoms with Crippen molar-refractivity contribution in [1.82, 2.24) is 0 Å². The van der Waals surface area contributed by atoms with Crippen molar-refractivity contribution < 1.29 is 65.9 Å². The van der Waals surface area contributed by atoms with Gasteiger partial charge >= 0.3 is 6.18 Å². The average molecular weight is 693 g/mol. The minimum absolute atomic E-state index is 0.518. The molecule has 1 saturated carbocycles. The number of hydrogen-bond donors (Lipinski definition) is 0. The highest BCUT2D eigenvalue weighted by Gasteiger charge is 2.47. The predicted molar refractivity (Wildman–Crippen MR) is 132 cm³/mol. The third-order valence-corrected chi connectivity index (χ3v) is 7.01. The van der Waals surface area contributed by atoms with Gasteiger partial charge in [-0.05, 0) is 30.6 Å². The summed E-state index contributed by atoms with van der Waals surface area (Å²) in [7, 11) is 0. The molecular formula is C30H6F15N3. The molecule has 1 fully saturated rings. The lowest BCUT2D eigenvalue weighted by Gasteiger charge is -2.13. The molecular weight excluding hydrogens is 687 g/mol. The molecule has 3 aromatic carbocycles. The summed E-state index contributed by atoms with van der Waals surface area (Å²) in [6.45, 7) is 8.38. The van der Waals surface area contributed by atoms with Gasteiger partial charge < -0.3 is 0 Å². The van der Waals surface area contributed by atoms with E-state index in [-0.39, 0.29) is 0 Å². The van der Waals surface area contributed by atoms with Gasteiger partial charge in [0, 0.05) is 11.1 Å². The standard InChI is InChI=1S/C30H6F15N3/c1-6-17(31)21(35)12(22(36)18(6)32)8(4-46)10-11(9(5-47)13-23(37)19(33)7(2)20(34)24(13)38)14(10)29(48-3)15-25(39)27(41)16(30(43,44)45)28(42)26(15)40/h1-2H3. The van der Waals surface area contributed by atoms with E-state index in [4.69, 9.17) is 6.57 Å². The van der Waals surface area contributed by atoms with Crippen molar-refractivity contribution in [2.24, 2.45) is 0 Å². The van der Waals surface area contributed by atoms with Gasteiger partial charge in [0.1, 0.15) is 17.7 Å². The molecule has 1 aliphatic rings. The van der Waals surface area contributed by atoms with Crippen LogP contribution in [0.1, 0.15) is 33.4 Å². The summed E-state index contributed by atoms with van der Waals surface area (Å²) >= 11 is 0. The van der Waals surface area contributed by atoms with Crippen LogP contribution in [0.5, 0.6) is 0 Å². The predicted octanol–water partition coefficient (Wildman–Crippen LogP) is 9.59. The van der Waals surface area contributed by atoms with Crippen molar-refractivity contribution in [3.63, 3.8) is 0 Å². The molecule has 0 unspecified atom stereocenters. The van der Waals surface area contributed by atoms with Gasteiger partial charge in [0.2, 0.25) is 5.70 Å². The van der Waals surface area contributed by atoms with Gasteiger partial charge in [-0.2, -0.15) is 23.7 Å². The normalized spacial score (nSPS) is 14.8. The van der Waals surface area contributed by atoms with E-state index in [0.29, 0.717) is 13.8 Å². The second-order valence-electron chi connectivity index (χ2n) is 9.57. The SMILES string of the molecule is [C-]#[N+]C(=C1C(=C(C#N)c2c(F)c(F)c(C)c(F)c2F)C1=C(C#N)c1c(F)c(F)c(C)c(F)c1F)c1c(F)c(F)c(C(F)(F)F)c(F)c1F. The third-order valence-electron chi connectivity index (χ3n) is 7.01. The summed E-state index contributed by atoms with van der Waals surface area (Å²) in [6.07, 6.45) is -6.10. The molecule has 18 heteroatoms. The maximum atomic E-state index is 15.0. The molecule has 0 radical (unpaired) electrons. The highest BCUT2D eigenvalue weighted by Crippen LogP contribution is 2.58. The van der Waals surface area contributed by atoms with E-state index in [1.54, 1.807) is 0 Å². The van der Waals surface area contributed by atoms with Gasteiger partial charge in [0.15, 0.2) is 69.8 Å². The molecule has 0 spiro atoms. The summed E-state index contributed by atoms with van der Waals surface area (Å²) in [5.74, 6) is -30.4. The van der Waals surface area contributed by atoms with Crippen molar-refractivity contribution in [1.29, 1.82) is 10.5 Å². The molecule has 0 aromatic heterocycles. The Morgan fingerprint density at radius 1 is 0.500 bits per heavy atom. The maximum absolute atomic E-state index is 15.0. The quantitative estimate of drug-likeness (QED) is 0.119. The topological polar surface area (TPSA) is 51.9 Å². The average Bonchev–Trinajstić information content (AvgIpc) is 3.75. The number of nitriles is 2. The van der Waals surface area contributed by atoms with Crippen LogP contribution in [0.2, 0.25) is 0 Å². The Kier molecular flexibility index (Phi) is 8.67. The van der Waals surface area contributed by atoms with E-state index in [9.17, 15) is 67.6 Å². The molecule has 0 bridgehead atoms. The Bertz CT molecular complexity index is 2050. The van der Waals surface area contributed by atoms with Crippen molar-refractivity contribution in [2.75, 3.05) is 0 Å². The van der Waals surface area contributed by atoms with Crippen LogP contribution >= 0.6 is 0 Å².